The SMILES string of the molecule is CC1=CC(C)(C)N(CCCC(=O)OC(C)(C)C)c2cc3oc(=O)c(-c4cc[nH+]cc4)cc3cc21. The summed E-state index contributed by atoms with van der Waals surface area (Å²) in [6.45, 7) is 12.7. The van der Waals surface area contributed by atoms with Crippen LogP contribution < -0.4 is 15.5 Å². The van der Waals surface area contributed by atoms with Crippen molar-refractivity contribution in [2.45, 2.75) is 65.5 Å². The molecule has 6 heteroatoms. The summed E-state index contributed by atoms with van der Waals surface area (Å²) >= 11 is 0. The van der Waals surface area contributed by atoms with Crippen molar-refractivity contribution in [3.63, 3.8) is 0 Å². The fourth-order valence-electron chi connectivity index (χ4n) is 4.64. The lowest BCUT2D eigenvalue weighted by atomic mass is 9.87. The van der Waals surface area contributed by atoms with Crippen molar-refractivity contribution in [1.29, 1.82) is 0 Å². The molecule has 0 bridgehead atoms. The topological polar surface area (TPSA) is 73.9 Å². The number of ether oxygens (including phenoxy) is 1. The van der Waals surface area contributed by atoms with E-state index in [1.54, 1.807) is 12.4 Å². The summed E-state index contributed by atoms with van der Waals surface area (Å²) in [4.78, 5) is 30.3. The average molecular weight is 462 g/mol. The number of esters is 1. The molecule has 178 valence electrons. The third kappa shape index (κ3) is 4.91. The number of benzene rings is 1. The van der Waals surface area contributed by atoms with Crippen molar-refractivity contribution < 1.29 is 18.9 Å². The third-order valence-corrected chi connectivity index (χ3v) is 6.04. The van der Waals surface area contributed by atoms with Gasteiger partial charge < -0.3 is 14.1 Å². The maximum absolute atomic E-state index is 12.8. The molecule has 34 heavy (non-hydrogen) atoms. The molecule has 6 nitrogen and oxygen atoms in total. The van der Waals surface area contributed by atoms with Crippen LogP contribution in [0.4, 0.5) is 5.69 Å². The highest BCUT2D eigenvalue weighted by molar-refractivity contribution is 5.93. The zero-order valence-corrected chi connectivity index (χ0v) is 20.8. The first-order valence-electron chi connectivity index (χ1n) is 11.7. The summed E-state index contributed by atoms with van der Waals surface area (Å²) in [5.41, 5.74) is 4.08. The Balaban J connectivity index is 1.69. The molecule has 0 aliphatic carbocycles. The van der Waals surface area contributed by atoms with Crippen molar-refractivity contribution in [2.24, 2.45) is 0 Å². The van der Waals surface area contributed by atoms with Crippen molar-refractivity contribution in [3.05, 3.63) is 64.8 Å². The van der Waals surface area contributed by atoms with Crippen LogP contribution in [0.3, 0.4) is 0 Å². The fourth-order valence-corrected chi connectivity index (χ4v) is 4.64. The van der Waals surface area contributed by atoms with E-state index in [1.165, 1.54) is 5.57 Å². The van der Waals surface area contributed by atoms with E-state index in [0.29, 0.717) is 30.5 Å². The third-order valence-electron chi connectivity index (χ3n) is 6.04. The molecule has 0 atom stereocenters. The van der Waals surface area contributed by atoms with Gasteiger partial charge in [0.15, 0.2) is 12.4 Å². The molecule has 4 rings (SSSR count). The second kappa shape index (κ2) is 8.75. The molecule has 3 heterocycles. The van der Waals surface area contributed by atoms with Gasteiger partial charge in [-0.3, -0.25) is 4.79 Å². The van der Waals surface area contributed by atoms with Gasteiger partial charge in [-0.25, -0.2) is 9.78 Å². The molecule has 0 radical (unpaired) electrons. The Bertz CT molecular complexity index is 1310. The maximum Gasteiger partial charge on any atom is 0.344 e. The minimum absolute atomic E-state index is 0.190. The number of nitrogens with one attached hydrogen (secondary N) is 1. The van der Waals surface area contributed by atoms with E-state index in [1.807, 2.05) is 45.0 Å². The van der Waals surface area contributed by atoms with Crippen molar-refractivity contribution >= 4 is 28.2 Å². The monoisotopic (exact) mass is 461 g/mol. The first kappa shape index (κ1) is 23.7. The van der Waals surface area contributed by atoms with Gasteiger partial charge in [0.2, 0.25) is 0 Å². The van der Waals surface area contributed by atoms with Crippen molar-refractivity contribution in [3.8, 4) is 11.1 Å². The van der Waals surface area contributed by atoms with Crippen LogP contribution in [0.15, 0.2) is 58.0 Å². The number of fused-ring (bicyclic) bond motifs is 2. The van der Waals surface area contributed by atoms with Gasteiger partial charge in [-0.1, -0.05) is 6.08 Å². The fraction of sp³-hybridized carbons (Fsp3) is 0.393. The maximum atomic E-state index is 12.8. The zero-order valence-electron chi connectivity index (χ0n) is 20.8. The van der Waals surface area contributed by atoms with Gasteiger partial charge in [0.1, 0.15) is 11.2 Å². The highest BCUT2D eigenvalue weighted by Gasteiger charge is 2.32. The summed E-state index contributed by atoms with van der Waals surface area (Å²) in [5.74, 6) is -0.190. The number of carbonyl (C=O) groups is 1. The van der Waals surface area contributed by atoms with E-state index in [0.717, 1.165) is 22.2 Å². The molecule has 0 saturated carbocycles. The number of H-pyrrole nitrogens is 1. The van der Waals surface area contributed by atoms with E-state index in [4.69, 9.17) is 9.15 Å². The number of aromatic amines is 1. The Morgan fingerprint density at radius 2 is 1.79 bits per heavy atom. The molecule has 0 fully saturated rings. The van der Waals surface area contributed by atoms with Crippen molar-refractivity contribution in [2.75, 3.05) is 11.4 Å². The molecular formula is C28H33N2O4+. The summed E-state index contributed by atoms with van der Waals surface area (Å²) < 4.78 is 11.2. The Hall–Kier alpha value is -3.41. The lowest BCUT2D eigenvalue weighted by Gasteiger charge is -2.43. The lowest BCUT2D eigenvalue weighted by Crippen LogP contribution is -2.45. The highest BCUT2D eigenvalue weighted by Crippen LogP contribution is 2.41. The van der Waals surface area contributed by atoms with Gasteiger partial charge in [-0.05, 0) is 65.7 Å². The number of rotatable bonds is 5. The normalized spacial score (nSPS) is 15.1. The van der Waals surface area contributed by atoms with Gasteiger partial charge >= 0.3 is 11.6 Å². The highest BCUT2D eigenvalue weighted by atomic mass is 16.6. The number of hydrogen-bond donors (Lipinski definition) is 0. The van der Waals surface area contributed by atoms with E-state index < -0.39 is 5.60 Å². The summed E-state index contributed by atoms with van der Waals surface area (Å²) in [6, 6.07) is 9.66. The van der Waals surface area contributed by atoms with Crippen LogP contribution >= 0.6 is 0 Å². The van der Waals surface area contributed by atoms with Crippen LogP contribution in [0.25, 0.3) is 27.7 Å². The molecule has 2 aromatic heterocycles. The van der Waals surface area contributed by atoms with Gasteiger partial charge in [0, 0.05) is 53.4 Å². The molecule has 1 aliphatic heterocycles. The molecule has 1 aromatic carbocycles. The number of anilines is 1. The Labute approximate surface area is 200 Å². The number of nitrogens with zero attached hydrogens (tertiary/aromatic N) is 1. The summed E-state index contributed by atoms with van der Waals surface area (Å²) in [5, 5.41) is 0.877. The van der Waals surface area contributed by atoms with E-state index >= 15 is 0 Å². The molecule has 0 saturated heterocycles. The van der Waals surface area contributed by atoms with Crippen LogP contribution in [0, 0.1) is 0 Å². The predicted octanol–water partition coefficient (Wildman–Crippen LogP) is 5.40. The van der Waals surface area contributed by atoms with E-state index in [9.17, 15) is 9.59 Å². The molecule has 1 aliphatic rings. The first-order chi connectivity index (χ1) is 15.9. The number of allylic oxidation sites excluding steroid dienone is 1. The van der Waals surface area contributed by atoms with Crippen LogP contribution in [0.5, 0.6) is 0 Å². The Kier molecular flexibility index (Phi) is 6.11. The minimum atomic E-state index is -0.485. The van der Waals surface area contributed by atoms with E-state index in [2.05, 4.69) is 42.8 Å². The summed E-state index contributed by atoms with van der Waals surface area (Å²) in [6.07, 6.45) is 6.84. The first-order valence-corrected chi connectivity index (χ1v) is 11.7. The van der Waals surface area contributed by atoms with E-state index in [-0.39, 0.29) is 17.1 Å². The second-order valence-corrected chi connectivity index (χ2v) is 10.5. The molecule has 0 amide bonds. The second-order valence-electron chi connectivity index (χ2n) is 10.5. The summed E-state index contributed by atoms with van der Waals surface area (Å²) in [7, 11) is 0. The average Bonchev–Trinajstić information content (AvgIpc) is 2.73. The van der Waals surface area contributed by atoms with Crippen LogP contribution in [-0.2, 0) is 9.53 Å². The standard InChI is InChI=1S/C28H32N2O4/c1-18-17-28(5,6)30(13-7-8-25(31)34-27(2,3)4)23-16-24-20(14-21(18)23)15-22(26(32)33-24)19-9-11-29-12-10-19/h9-12,14-17H,7-8,13H2,1-6H3/p+1. The van der Waals surface area contributed by atoms with Gasteiger partial charge in [-0.15, -0.1) is 0 Å². The Morgan fingerprint density at radius 3 is 2.47 bits per heavy atom. The largest absolute Gasteiger partial charge is 0.460 e. The number of carbonyl (C=O) groups excluding carboxylic acids is 1. The number of aromatic nitrogens is 1. The molecule has 0 unspecified atom stereocenters. The van der Waals surface area contributed by atoms with Crippen LogP contribution in [-0.4, -0.2) is 23.7 Å². The van der Waals surface area contributed by atoms with Gasteiger partial charge in [-0.2, -0.15) is 0 Å². The lowest BCUT2D eigenvalue weighted by molar-refractivity contribution is -0.377. The van der Waals surface area contributed by atoms with Gasteiger partial charge in [0.25, 0.3) is 0 Å². The number of pyridine rings is 1. The van der Waals surface area contributed by atoms with Crippen LogP contribution in [0.1, 0.15) is 59.9 Å². The predicted molar refractivity (Wildman–Crippen MR) is 135 cm³/mol. The molecule has 3 aromatic rings. The smallest absolute Gasteiger partial charge is 0.344 e. The minimum Gasteiger partial charge on any atom is -0.460 e. The Morgan fingerprint density at radius 1 is 1.12 bits per heavy atom. The molecular weight excluding hydrogens is 428 g/mol. The van der Waals surface area contributed by atoms with Gasteiger partial charge in [0.05, 0.1) is 11.1 Å². The van der Waals surface area contributed by atoms with Crippen molar-refractivity contribution in [1.82, 2.24) is 0 Å². The molecule has 1 N–H and O–H groups in total. The quantitative estimate of drug-likeness (QED) is 0.376. The zero-order chi connectivity index (χ0) is 24.7. The molecule has 0 spiro atoms. The van der Waals surface area contributed by atoms with Crippen LogP contribution in [0.2, 0.25) is 0 Å². The number of hydrogen-bond acceptors (Lipinski definition) is 5.